The minimum atomic E-state index is -4.17. The molecule has 19 heavy (non-hydrogen) atoms. The van der Waals surface area contributed by atoms with Crippen LogP contribution < -0.4 is 0 Å². The smallest absolute Gasteiger partial charge is 0.289 e. The first-order valence-electron chi connectivity index (χ1n) is 5.10. The summed E-state index contributed by atoms with van der Waals surface area (Å²) in [7, 11) is -4.17. The van der Waals surface area contributed by atoms with E-state index in [0.29, 0.717) is 10.3 Å². The van der Waals surface area contributed by atoms with E-state index in [4.69, 9.17) is 0 Å². The lowest BCUT2D eigenvalue weighted by atomic mass is 10.3. The molecule has 0 atom stereocenters. The van der Waals surface area contributed by atoms with Gasteiger partial charge in [0.1, 0.15) is 0 Å². The van der Waals surface area contributed by atoms with Crippen LogP contribution in [0.2, 0.25) is 0 Å². The number of hydrogen-bond donors (Lipinski definition) is 0. The molecule has 0 N–H and O–H groups in total. The summed E-state index contributed by atoms with van der Waals surface area (Å²) in [4.78, 5) is 20.4. The van der Waals surface area contributed by atoms with Crippen LogP contribution in [0.3, 0.4) is 0 Å². The van der Waals surface area contributed by atoms with E-state index in [9.17, 15) is 23.3 Å². The van der Waals surface area contributed by atoms with Gasteiger partial charge in [0.2, 0.25) is 0 Å². The number of nitrogens with zero attached hydrogens (tertiary/aromatic N) is 2. The molecule has 0 saturated carbocycles. The van der Waals surface area contributed by atoms with Crippen LogP contribution in [0.25, 0.3) is 0 Å². The van der Waals surface area contributed by atoms with E-state index >= 15 is 0 Å². The Morgan fingerprint density at radius 2 is 1.84 bits per heavy atom. The van der Waals surface area contributed by atoms with Gasteiger partial charge in [0.25, 0.3) is 15.7 Å². The van der Waals surface area contributed by atoms with Crippen molar-refractivity contribution in [3.8, 4) is 0 Å². The summed E-state index contributed by atoms with van der Waals surface area (Å²) in [5.74, 6) is 0. The molecule has 2 aromatic rings. The summed E-state index contributed by atoms with van der Waals surface area (Å²) in [6.45, 7) is 0. The molecule has 1 aromatic heterocycles. The second-order valence-electron chi connectivity index (χ2n) is 3.58. The van der Waals surface area contributed by atoms with E-state index in [1.54, 1.807) is 0 Å². The van der Waals surface area contributed by atoms with Crippen molar-refractivity contribution in [2.24, 2.45) is 0 Å². The van der Waals surface area contributed by atoms with E-state index in [-0.39, 0.29) is 5.69 Å². The normalized spacial score (nSPS) is 11.2. The lowest BCUT2D eigenvalue weighted by Gasteiger charge is -2.07. The number of nitro groups is 1. The molecule has 1 heterocycles. The molecular formula is C11H8N2O5S. The van der Waals surface area contributed by atoms with Crippen molar-refractivity contribution >= 4 is 22.0 Å². The largest absolute Gasteiger partial charge is 0.296 e. The Hall–Kier alpha value is -2.48. The molecule has 0 saturated heterocycles. The van der Waals surface area contributed by atoms with Crippen molar-refractivity contribution in [1.29, 1.82) is 0 Å². The number of benzene rings is 1. The van der Waals surface area contributed by atoms with Gasteiger partial charge in [0.05, 0.1) is 10.6 Å². The summed E-state index contributed by atoms with van der Waals surface area (Å²) in [5.41, 5.74) is -0.633. The van der Waals surface area contributed by atoms with Gasteiger partial charge < -0.3 is 0 Å². The quantitative estimate of drug-likeness (QED) is 0.479. The Morgan fingerprint density at radius 1 is 1.16 bits per heavy atom. The number of rotatable bonds is 4. The van der Waals surface area contributed by atoms with E-state index < -0.39 is 25.5 Å². The minimum absolute atomic E-state index is 0.0989. The minimum Gasteiger partial charge on any atom is -0.296 e. The van der Waals surface area contributed by atoms with Crippen LogP contribution in [-0.4, -0.2) is 23.6 Å². The molecule has 2 rings (SSSR count). The number of carbonyl (C=O) groups excluding carboxylic acids is 1. The Kier molecular flexibility index (Phi) is 3.17. The average molecular weight is 280 g/mol. The average Bonchev–Trinajstić information content (AvgIpc) is 2.87. The van der Waals surface area contributed by atoms with Crippen molar-refractivity contribution in [3.63, 3.8) is 0 Å². The third-order valence-corrected chi connectivity index (χ3v) is 4.21. The Bertz CT molecular complexity index is 748. The molecule has 0 bridgehead atoms. The van der Waals surface area contributed by atoms with Crippen LogP contribution in [0.5, 0.6) is 0 Å². The summed E-state index contributed by atoms with van der Waals surface area (Å²) >= 11 is 0. The highest BCUT2D eigenvalue weighted by Crippen LogP contribution is 2.25. The van der Waals surface area contributed by atoms with Gasteiger partial charge in [-0.1, -0.05) is 12.1 Å². The van der Waals surface area contributed by atoms with Crippen molar-refractivity contribution in [1.82, 2.24) is 3.97 Å². The number of aromatic nitrogens is 1. The molecule has 0 unspecified atom stereocenters. The van der Waals surface area contributed by atoms with Gasteiger partial charge in [0.15, 0.2) is 11.2 Å². The Morgan fingerprint density at radius 3 is 2.47 bits per heavy atom. The van der Waals surface area contributed by atoms with Crippen LogP contribution in [0, 0.1) is 10.1 Å². The first-order chi connectivity index (χ1) is 8.98. The monoisotopic (exact) mass is 280 g/mol. The highest BCUT2D eigenvalue weighted by molar-refractivity contribution is 7.90. The van der Waals surface area contributed by atoms with Gasteiger partial charge >= 0.3 is 0 Å². The number of para-hydroxylation sites is 1. The molecule has 98 valence electrons. The predicted octanol–water partition coefficient (Wildman–Crippen LogP) is 1.45. The predicted molar refractivity (Wildman–Crippen MR) is 65.5 cm³/mol. The van der Waals surface area contributed by atoms with E-state index in [2.05, 4.69) is 0 Å². The second kappa shape index (κ2) is 4.65. The molecule has 0 aliphatic heterocycles. The molecule has 0 aliphatic carbocycles. The van der Waals surface area contributed by atoms with E-state index in [1.807, 2.05) is 0 Å². The van der Waals surface area contributed by atoms with Crippen molar-refractivity contribution in [2.75, 3.05) is 0 Å². The highest BCUT2D eigenvalue weighted by Gasteiger charge is 2.27. The summed E-state index contributed by atoms with van der Waals surface area (Å²) in [6.07, 6.45) is 1.53. The van der Waals surface area contributed by atoms with Crippen LogP contribution in [0.4, 0.5) is 5.69 Å². The molecule has 0 aliphatic rings. The fourth-order valence-corrected chi connectivity index (χ4v) is 3.10. The van der Waals surface area contributed by atoms with Crippen molar-refractivity contribution < 1.29 is 18.1 Å². The highest BCUT2D eigenvalue weighted by atomic mass is 32.2. The zero-order chi connectivity index (χ0) is 14.0. The van der Waals surface area contributed by atoms with Crippen LogP contribution in [0.15, 0.2) is 47.5 Å². The van der Waals surface area contributed by atoms with Gasteiger partial charge in [-0.2, -0.15) is 0 Å². The van der Waals surface area contributed by atoms with Gasteiger partial charge in [0, 0.05) is 12.3 Å². The third kappa shape index (κ3) is 2.13. The van der Waals surface area contributed by atoms with Gasteiger partial charge in [-0.05, 0) is 18.2 Å². The standard InChI is InChI=1S/C11H8N2O5S/c14-8-9-4-3-7-12(9)19(17,18)11-6-2-1-5-10(11)13(15)16/h1-8H. The number of carbonyl (C=O) groups is 1. The lowest BCUT2D eigenvalue weighted by molar-refractivity contribution is -0.387. The molecule has 8 heteroatoms. The van der Waals surface area contributed by atoms with E-state index in [0.717, 1.165) is 18.3 Å². The zero-order valence-corrected chi connectivity index (χ0v) is 10.3. The number of aldehydes is 1. The molecule has 0 fully saturated rings. The van der Waals surface area contributed by atoms with Crippen molar-refractivity contribution in [2.45, 2.75) is 4.90 Å². The molecular weight excluding hydrogens is 272 g/mol. The van der Waals surface area contributed by atoms with Crippen molar-refractivity contribution in [3.05, 3.63) is 58.4 Å². The first-order valence-corrected chi connectivity index (χ1v) is 6.54. The summed E-state index contributed by atoms with van der Waals surface area (Å²) < 4.78 is 25.3. The van der Waals surface area contributed by atoms with Crippen LogP contribution in [0.1, 0.15) is 10.5 Å². The molecule has 7 nitrogen and oxygen atoms in total. The van der Waals surface area contributed by atoms with Gasteiger partial charge in [-0.15, -0.1) is 0 Å². The first kappa shape index (κ1) is 13.0. The summed E-state index contributed by atoms with van der Waals surface area (Å²) in [5, 5.41) is 10.9. The van der Waals surface area contributed by atoms with Gasteiger partial charge in [-0.3, -0.25) is 14.9 Å². The SMILES string of the molecule is O=Cc1cccn1S(=O)(=O)c1ccccc1[N+](=O)[O-]. The maximum Gasteiger partial charge on any atom is 0.289 e. The fourth-order valence-electron chi connectivity index (χ4n) is 1.62. The topological polar surface area (TPSA) is 99.3 Å². The third-order valence-electron chi connectivity index (χ3n) is 2.46. The van der Waals surface area contributed by atoms with Crippen LogP contribution in [-0.2, 0) is 10.0 Å². The van der Waals surface area contributed by atoms with Crippen LogP contribution >= 0.6 is 0 Å². The maximum absolute atomic E-state index is 12.3. The van der Waals surface area contributed by atoms with E-state index in [1.165, 1.54) is 24.3 Å². The molecule has 0 radical (unpaired) electrons. The lowest BCUT2D eigenvalue weighted by Crippen LogP contribution is -2.16. The Balaban J connectivity index is 2.71. The molecule has 0 spiro atoms. The fraction of sp³-hybridized carbons (Fsp3) is 0. The maximum atomic E-state index is 12.3. The molecule has 1 aromatic carbocycles. The van der Waals surface area contributed by atoms with Gasteiger partial charge in [-0.25, -0.2) is 12.4 Å². The zero-order valence-electron chi connectivity index (χ0n) is 9.46. The number of hydrogen-bond acceptors (Lipinski definition) is 5. The second-order valence-corrected chi connectivity index (χ2v) is 5.36. The summed E-state index contributed by atoms with van der Waals surface area (Å²) in [6, 6.07) is 7.64. The Labute approximate surface area is 108 Å². The number of nitro benzene ring substituents is 1. The molecule has 0 amide bonds.